The minimum Gasteiger partial charge on any atom is -0.345 e. The van der Waals surface area contributed by atoms with Crippen molar-refractivity contribution < 1.29 is 0 Å². The second-order valence-corrected chi connectivity index (χ2v) is 3.14. The van der Waals surface area contributed by atoms with Crippen LogP contribution in [-0.4, -0.2) is 9.97 Å². The van der Waals surface area contributed by atoms with Crippen LogP contribution in [0.2, 0.25) is 5.02 Å². The molecule has 0 spiro atoms. The van der Waals surface area contributed by atoms with Gasteiger partial charge in [0.2, 0.25) is 0 Å². The lowest BCUT2D eigenvalue weighted by atomic mass is 10.1. The Labute approximate surface area is 89.3 Å². The van der Waals surface area contributed by atoms with Gasteiger partial charge in [0.05, 0.1) is 16.9 Å². The molecule has 1 aromatic carbocycles. The number of hydrogen-bond acceptors (Lipinski definition) is 1. The number of H-pyrrole nitrogens is 1. The van der Waals surface area contributed by atoms with Gasteiger partial charge in [-0.1, -0.05) is 32.4 Å². The molecule has 0 unspecified atom stereocenters. The number of hydrogen-bond donors (Lipinski definition) is 1. The molecule has 0 fully saturated rings. The highest BCUT2D eigenvalue weighted by Gasteiger charge is 2.02. The Bertz CT molecular complexity index is 407. The van der Waals surface area contributed by atoms with Crippen LogP contribution in [0.25, 0.3) is 11.0 Å². The van der Waals surface area contributed by atoms with E-state index in [1.54, 1.807) is 6.33 Å². The van der Waals surface area contributed by atoms with Gasteiger partial charge in [-0.3, -0.25) is 0 Å². The normalized spacial score (nSPS) is 9.71. The van der Waals surface area contributed by atoms with Gasteiger partial charge >= 0.3 is 0 Å². The van der Waals surface area contributed by atoms with Crippen LogP contribution in [-0.2, 0) is 6.42 Å². The number of aromatic amines is 1. The Balaban J connectivity index is 0.000000461. The Morgan fingerprint density at radius 2 is 2.07 bits per heavy atom. The van der Waals surface area contributed by atoms with E-state index in [-0.39, 0.29) is 0 Å². The fraction of sp³-hybridized carbons (Fsp3) is 0.364. The van der Waals surface area contributed by atoms with Crippen molar-refractivity contribution in [2.75, 3.05) is 0 Å². The molecule has 2 nitrogen and oxygen atoms in total. The third-order valence-corrected chi connectivity index (χ3v) is 2.23. The van der Waals surface area contributed by atoms with Crippen LogP contribution in [0.1, 0.15) is 26.3 Å². The Hall–Kier alpha value is -1.02. The summed E-state index contributed by atoms with van der Waals surface area (Å²) in [6, 6.07) is 4.04. The molecule has 2 aromatic rings. The molecule has 1 N–H and O–H groups in total. The van der Waals surface area contributed by atoms with Crippen molar-refractivity contribution in [3.05, 3.63) is 29.0 Å². The van der Waals surface area contributed by atoms with Gasteiger partial charge in [0.25, 0.3) is 0 Å². The number of nitrogens with one attached hydrogen (secondary N) is 1. The molecular weight excluding hydrogens is 196 g/mol. The lowest BCUT2D eigenvalue weighted by molar-refractivity contribution is 1.14. The minimum atomic E-state index is 0.727. The molecule has 0 aliphatic carbocycles. The fourth-order valence-corrected chi connectivity index (χ4v) is 1.56. The quantitative estimate of drug-likeness (QED) is 0.762. The summed E-state index contributed by atoms with van der Waals surface area (Å²) in [5.41, 5.74) is 3.10. The first-order chi connectivity index (χ1) is 6.81. The number of fused-ring (bicyclic) bond motifs is 1. The monoisotopic (exact) mass is 210 g/mol. The Morgan fingerprint density at radius 3 is 2.71 bits per heavy atom. The number of benzene rings is 1. The van der Waals surface area contributed by atoms with Crippen LogP contribution < -0.4 is 0 Å². The highest BCUT2D eigenvalue weighted by atomic mass is 35.5. The van der Waals surface area contributed by atoms with Crippen LogP contribution in [0.3, 0.4) is 0 Å². The zero-order valence-corrected chi connectivity index (χ0v) is 9.52. The van der Waals surface area contributed by atoms with E-state index in [4.69, 9.17) is 11.6 Å². The van der Waals surface area contributed by atoms with Crippen LogP contribution in [0.5, 0.6) is 0 Å². The van der Waals surface area contributed by atoms with Gasteiger partial charge in [-0.15, -0.1) is 0 Å². The topological polar surface area (TPSA) is 28.7 Å². The molecule has 0 saturated heterocycles. The number of rotatable bonds is 1. The van der Waals surface area contributed by atoms with Gasteiger partial charge in [-0.05, 0) is 24.1 Å². The van der Waals surface area contributed by atoms with E-state index in [1.807, 2.05) is 19.9 Å². The molecule has 76 valence electrons. The molecule has 1 heterocycles. The van der Waals surface area contributed by atoms with Crippen LogP contribution >= 0.6 is 11.6 Å². The molecule has 0 amide bonds. The smallest absolute Gasteiger partial charge is 0.107 e. The lowest BCUT2D eigenvalue weighted by Gasteiger charge is -1.97. The van der Waals surface area contributed by atoms with E-state index in [0.717, 1.165) is 22.5 Å². The first-order valence-corrected chi connectivity index (χ1v) is 5.30. The van der Waals surface area contributed by atoms with Gasteiger partial charge < -0.3 is 4.98 Å². The first-order valence-electron chi connectivity index (χ1n) is 4.92. The maximum Gasteiger partial charge on any atom is 0.107 e. The average Bonchev–Trinajstić information content (AvgIpc) is 2.69. The summed E-state index contributed by atoms with van der Waals surface area (Å²) >= 11 is 6.00. The maximum atomic E-state index is 6.00. The van der Waals surface area contributed by atoms with Crippen molar-refractivity contribution in [1.29, 1.82) is 0 Å². The number of aryl methyl sites for hydroxylation is 1. The van der Waals surface area contributed by atoms with Crippen molar-refractivity contribution in [1.82, 2.24) is 9.97 Å². The number of halogens is 1. The minimum absolute atomic E-state index is 0.727. The number of imidazole rings is 1. The molecule has 0 atom stereocenters. The van der Waals surface area contributed by atoms with E-state index in [0.29, 0.717) is 0 Å². The predicted octanol–water partition coefficient (Wildman–Crippen LogP) is 3.80. The van der Waals surface area contributed by atoms with Gasteiger partial charge in [0.15, 0.2) is 0 Å². The molecule has 1 aromatic heterocycles. The molecule has 0 radical (unpaired) electrons. The molecule has 0 aliphatic rings. The molecule has 0 bridgehead atoms. The molecule has 0 saturated carbocycles. The highest BCUT2D eigenvalue weighted by molar-refractivity contribution is 6.35. The van der Waals surface area contributed by atoms with Crippen molar-refractivity contribution in [2.45, 2.75) is 27.2 Å². The zero-order chi connectivity index (χ0) is 10.6. The fourth-order valence-electron chi connectivity index (χ4n) is 1.27. The molecule has 2 rings (SSSR count). The van der Waals surface area contributed by atoms with E-state index >= 15 is 0 Å². The standard InChI is InChI=1S/C9H9ClN2.C2H6/c1-2-6-3-7(10)9-8(4-6)11-5-12-9;1-2/h3-5H,2H2,1H3,(H,11,12);1-2H3. The summed E-state index contributed by atoms with van der Waals surface area (Å²) in [7, 11) is 0. The Morgan fingerprint density at radius 1 is 1.36 bits per heavy atom. The maximum absolute atomic E-state index is 6.00. The summed E-state index contributed by atoms with van der Waals surface area (Å²) in [6.07, 6.45) is 2.66. The van der Waals surface area contributed by atoms with Gasteiger partial charge in [0.1, 0.15) is 5.52 Å². The van der Waals surface area contributed by atoms with E-state index in [1.165, 1.54) is 5.56 Å². The summed E-state index contributed by atoms with van der Waals surface area (Å²) in [5, 5.41) is 0.727. The third-order valence-electron chi connectivity index (χ3n) is 1.95. The summed E-state index contributed by atoms with van der Waals surface area (Å²) in [5.74, 6) is 0. The van der Waals surface area contributed by atoms with Crippen LogP contribution in [0.15, 0.2) is 18.5 Å². The van der Waals surface area contributed by atoms with Crippen LogP contribution in [0.4, 0.5) is 0 Å². The van der Waals surface area contributed by atoms with E-state index < -0.39 is 0 Å². The van der Waals surface area contributed by atoms with Crippen molar-refractivity contribution >= 4 is 22.6 Å². The SMILES string of the molecule is CC.CCc1cc(Cl)c2nc[nH]c2c1. The van der Waals surface area contributed by atoms with Crippen molar-refractivity contribution in [3.8, 4) is 0 Å². The predicted molar refractivity (Wildman–Crippen MR) is 61.8 cm³/mol. The van der Waals surface area contributed by atoms with Gasteiger partial charge in [-0.25, -0.2) is 4.98 Å². The van der Waals surface area contributed by atoms with Crippen LogP contribution in [0, 0.1) is 0 Å². The molecular formula is C11H15ClN2. The second-order valence-electron chi connectivity index (χ2n) is 2.73. The molecule has 0 aliphatic heterocycles. The van der Waals surface area contributed by atoms with Crippen molar-refractivity contribution in [2.24, 2.45) is 0 Å². The largest absolute Gasteiger partial charge is 0.345 e. The van der Waals surface area contributed by atoms with Gasteiger partial charge in [0, 0.05) is 0 Å². The van der Waals surface area contributed by atoms with Gasteiger partial charge in [-0.2, -0.15) is 0 Å². The zero-order valence-electron chi connectivity index (χ0n) is 8.76. The average molecular weight is 211 g/mol. The summed E-state index contributed by atoms with van der Waals surface area (Å²) in [4.78, 5) is 7.15. The van der Waals surface area contributed by atoms with E-state index in [9.17, 15) is 0 Å². The molecule has 3 heteroatoms. The summed E-state index contributed by atoms with van der Waals surface area (Å²) < 4.78 is 0. The highest BCUT2D eigenvalue weighted by Crippen LogP contribution is 2.22. The lowest BCUT2D eigenvalue weighted by Crippen LogP contribution is -1.80. The van der Waals surface area contributed by atoms with Crippen molar-refractivity contribution in [3.63, 3.8) is 0 Å². The van der Waals surface area contributed by atoms with E-state index in [2.05, 4.69) is 23.0 Å². The summed E-state index contributed by atoms with van der Waals surface area (Å²) in [6.45, 7) is 6.11. The number of nitrogens with zero attached hydrogens (tertiary/aromatic N) is 1. The molecule has 14 heavy (non-hydrogen) atoms. The first kappa shape index (κ1) is 11.1. The number of aromatic nitrogens is 2. The third kappa shape index (κ3) is 2.07. The Kier molecular flexibility index (Phi) is 3.96. The second kappa shape index (κ2) is 5.01.